The largest absolute Gasteiger partial charge is 0.328 e. The number of nitrogens with zero attached hydrogens (tertiary/aromatic N) is 1. The van der Waals surface area contributed by atoms with E-state index in [1.807, 2.05) is 11.6 Å². The van der Waals surface area contributed by atoms with Crippen molar-refractivity contribution in [1.82, 2.24) is 10.3 Å². The highest BCUT2D eigenvalue weighted by Crippen LogP contribution is 2.21. The van der Waals surface area contributed by atoms with Gasteiger partial charge in [-0.2, -0.15) is 0 Å². The quantitative estimate of drug-likeness (QED) is 0.879. The minimum atomic E-state index is 0. The van der Waals surface area contributed by atoms with Gasteiger partial charge in [0.1, 0.15) is 5.01 Å². The minimum absolute atomic E-state index is 0. The van der Waals surface area contributed by atoms with E-state index in [0.717, 1.165) is 12.8 Å². The monoisotopic (exact) mass is 261 g/mol. The average molecular weight is 262 g/mol. The van der Waals surface area contributed by atoms with Crippen LogP contribution in [0.15, 0.2) is 11.6 Å². The van der Waals surface area contributed by atoms with Crippen LogP contribution in [0.5, 0.6) is 0 Å². The lowest BCUT2D eigenvalue weighted by molar-refractivity contribution is 0.322. The van der Waals surface area contributed by atoms with E-state index in [-0.39, 0.29) is 12.4 Å². The highest BCUT2D eigenvalue weighted by Gasteiger charge is 2.20. The van der Waals surface area contributed by atoms with Gasteiger partial charge in [-0.3, -0.25) is 0 Å². The summed E-state index contributed by atoms with van der Waals surface area (Å²) < 4.78 is 0. The van der Waals surface area contributed by atoms with Crippen LogP contribution in [0.2, 0.25) is 0 Å². The zero-order valence-electron chi connectivity index (χ0n) is 9.56. The van der Waals surface area contributed by atoms with Gasteiger partial charge < -0.3 is 11.1 Å². The summed E-state index contributed by atoms with van der Waals surface area (Å²) in [5, 5.41) is 6.85. The molecular weight excluding hydrogens is 242 g/mol. The summed E-state index contributed by atoms with van der Waals surface area (Å²) in [6, 6.07) is 1.44. The first-order chi connectivity index (χ1) is 7.25. The van der Waals surface area contributed by atoms with Crippen molar-refractivity contribution < 1.29 is 0 Å². The highest BCUT2D eigenvalue weighted by molar-refractivity contribution is 7.09. The van der Waals surface area contributed by atoms with E-state index in [1.54, 1.807) is 11.3 Å². The molecule has 1 unspecified atom stereocenters. The zero-order valence-corrected chi connectivity index (χ0v) is 11.2. The fraction of sp³-hybridized carbons (Fsp3) is 0.727. The first kappa shape index (κ1) is 13.9. The van der Waals surface area contributed by atoms with Gasteiger partial charge in [-0.15, -0.1) is 23.7 Å². The van der Waals surface area contributed by atoms with Crippen LogP contribution in [0.4, 0.5) is 0 Å². The summed E-state index contributed by atoms with van der Waals surface area (Å²) in [6.07, 6.45) is 6.59. The Labute approximate surface area is 107 Å². The fourth-order valence-corrected chi connectivity index (χ4v) is 2.81. The predicted molar refractivity (Wildman–Crippen MR) is 71.1 cm³/mol. The fourth-order valence-electron chi connectivity index (χ4n) is 2.16. The van der Waals surface area contributed by atoms with Crippen LogP contribution in [-0.4, -0.2) is 17.1 Å². The molecular formula is C11H20ClN3S. The summed E-state index contributed by atoms with van der Waals surface area (Å²) in [4.78, 5) is 4.33. The molecule has 16 heavy (non-hydrogen) atoms. The van der Waals surface area contributed by atoms with Crippen LogP contribution in [0.3, 0.4) is 0 Å². The maximum atomic E-state index is 5.88. The molecule has 1 fully saturated rings. The van der Waals surface area contributed by atoms with E-state index >= 15 is 0 Å². The summed E-state index contributed by atoms with van der Waals surface area (Å²) in [5.41, 5.74) is 5.88. The number of nitrogens with two attached hydrogens (primary N) is 1. The lowest BCUT2D eigenvalue weighted by atomic mass is 9.91. The predicted octanol–water partition coefficient (Wildman–Crippen LogP) is 2.49. The molecule has 3 nitrogen and oxygen atoms in total. The molecule has 0 amide bonds. The Morgan fingerprint density at radius 3 is 2.69 bits per heavy atom. The van der Waals surface area contributed by atoms with Crippen LogP contribution in [0, 0.1) is 0 Å². The van der Waals surface area contributed by atoms with Crippen molar-refractivity contribution in [3.63, 3.8) is 0 Å². The minimum Gasteiger partial charge on any atom is -0.328 e. The van der Waals surface area contributed by atoms with Gasteiger partial charge in [0.25, 0.3) is 0 Å². The van der Waals surface area contributed by atoms with Crippen molar-refractivity contribution in [2.45, 2.75) is 50.7 Å². The maximum absolute atomic E-state index is 5.88. The Balaban J connectivity index is 0.00000128. The SMILES string of the molecule is CC(NC1CCC(N)CC1)c1nccs1.Cl. The average Bonchev–Trinajstić information content (AvgIpc) is 2.74. The van der Waals surface area contributed by atoms with Crippen molar-refractivity contribution >= 4 is 23.7 Å². The number of aromatic nitrogens is 1. The van der Waals surface area contributed by atoms with Gasteiger partial charge in [0.05, 0.1) is 6.04 Å². The molecule has 3 N–H and O–H groups in total. The molecule has 1 atom stereocenters. The molecule has 0 aliphatic heterocycles. The molecule has 0 aromatic carbocycles. The normalized spacial score (nSPS) is 27.1. The summed E-state index contributed by atoms with van der Waals surface area (Å²) in [6.45, 7) is 2.19. The molecule has 0 radical (unpaired) electrons. The smallest absolute Gasteiger partial charge is 0.109 e. The Bertz CT molecular complexity index is 283. The number of hydrogen-bond acceptors (Lipinski definition) is 4. The Morgan fingerprint density at radius 1 is 1.44 bits per heavy atom. The summed E-state index contributed by atoms with van der Waals surface area (Å²) in [5.74, 6) is 0. The van der Waals surface area contributed by atoms with Crippen LogP contribution in [0.25, 0.3) is 0 Å². The van der Waals surface area contributed by atoms with Crippen LogP contribution in [0.1, 0.15) is 43.7 Å². The molecule has 1 heterocycles. The van der Waals surface area contributed by atoms with Gasteiger partial charge in [-0.05, 0) is 32.6 Å². The molecule has 1 aromatic rings. The van der Waals surface area contributed by atoms with E-state index in [2.05, 4.69) is 17.2 Å². The number of rotatable bonds is 3. The van der Waals surface area contributed by atoms with Crippen molar-refractivity contribution in [2.75, 3.05) is 0 Å². The van der Waals surface area contributed by atoms with Gasteiger partial charge >= 0.3 is 0 Å². The lowest BCUT2D eigenvalue weighted by Gasteiger charge is -2.28. The Morgan fingerprint density at radius 2 is 2.12 bits per heavy atom. The Hall–Kier alpha value is -0.160. The van der Waals surface area contributed by atoms with Gasteiger partial charge in [-0.25, -0.2) is 4.98 Å². The molecule has 5 heteroatoms. The summed E-state index contributed by atoms with van der Waals surface area (Å²) >= 11 is 1.72. The van der Waals surface area contributed by atoms with E-state index in [1.165, 1.54) is 17.8 Å². The molecule has 2 rings (SSSR count). The van der Waals surface area contributed by atoms with E-state index in [4.69, 9.17) is 5.73 Å². The molecule has 1 aliphatic rings. The summed E-state index contributed by atoms with van der Waals surface area (Å²) in [7, 11) is 0. The van der Waals surface area contributed by atoms with Crippen molar-refractivity contribution in [2.24, 2.45) is 5.73 Å². The second kappa shape index (κ2) is 6.55. The van der Waals surface area contributed by atoms with Crippen LogP contribution < -0.4 is 11.1 Å². The lowest BCUT2D eigenvalue weighted by Crippen LogP contribution is -2.38. The van der Waals surface area contributed by atoms with Crippen molar-refractivity contribution in [3.05, 3.63) is 16.6 Å². The van der Waals surface area contributed by atoms with Crippen molar-refractivity contribution in [3.8, 4) is 0 Å². The molecule has 1 aliphatic carbocycles. The maximum Gasteiger partial charge on any atom is 0.109 e. The molecule has 0 spiro atoms. The molecule has 0 saturated heterocycles. The number of halogens is 1. The first-order valence-corrected chi connectivity index (χ1v) is 6.54. The molecule has 1 saturated carbocycles. The number of nitrogens with one attached hydrogen (secondary N) is 1. The topological polar surface area (TPSA) is 50.9 Å². The third-order valence-corrected chi connectivity index (χ3v) is 4.04. The second-order valence-electron chi connectivity index (χ2n) is 4.37. The first-order valence-electron chi connectivity index (χ1n) is 5.66. The third-order valence-electron chi connectivity index (χ3n) is 3.08. The van der Waals surface area contributed by atoms with Gasteiger partial charge in [-0.1, -0.05) is 0 Å². The Kier molecular flexibility index (Phi) is 5.69. The number of hydrogen-bond donors (Lipinski definition) is 2. The standard InChI is InChI=1S/C11H19N3S.ClH/c1-8(11-13-6-7-15-11)14-10-4-2-9(12)3-5-10;/h6-10,14H,2-5,12H2,1H3;1H. The highest BCUT2D eigenvalue weighted by atomic mass is 35.5. The third kappa shape index (κ3) is 3.70. The van der Waals surface area contributed by atoms with E-state index in [9.17, 15) is 0 Å². The van der Waals surface area contributed by atoms with Gasteiger partial charge in [0, 0.05) is 23.7 Å². The number of thiazole rings is 1. The molecule has 0 bridgehead atoms. The van der Waals surface area contributed by atoms with Crippen LogP contribution in [-0.2, 0) is 0 Å². The van der Waals surface area contributed by atoms with E-state index < -0.39 is 0 Å². The van der Waals surface area contributed by atoms with Gasteiger partial charge in [0.2, 0.25) is 0 Å². The van der Waals surface area contributed by atoms with Gasteiger partial charge in [0.15, 0.2) is 0 Å². The van der Waals surface area contributed by atoms with Crippen LogP contribution >= 0.6 is 23.7 Å². The van der Waals surface area contributed by atoms with E-state index in [0.29, 0.717) is 18.1 Å². The molecule has 92 valence electrons. The molecule has 1 aromatic heterocycles. The second-order valence-corrected chi connectivity index (χ2v) is 5.30. The zero-order chi connectivity index (χ0) is 10.7. The van der Waals surface area contributed by atoms with Crippen molar-refractivity contribution in [1.29, 1.82) is 0 Å².